The minimum atomic E-state index is -0.829. The van der Waals surface area contributed by atoms with Crippen LogP contribution in [0.15, 0.2) is 72.7 Å². The molecule has 0 aliphatic carbocycles. The zero-order valence-corrected chi connectivity index (χ0v) is 22.6. The number of pyridine rings is 2. The number of nitrogens with zero attached hydrogens (tertiary/aromatic N) is 4. The average molecular weight is 525 g/mol. The Morgan fingerprint density at radius 1 is 1.10 bits per heavy atom. The van der Waals surface area contributed by atoms with Crippen molar-refractivity contribution >= 4 is 23.1 Å². The molecule has 1 aliphatic heterocycles. The van der Waals surface area contributed by atoms with Gasteiger partial charge in [0, 0.05) is 25.1 Å². The Hall–Kier alpha value is -4.46. The number of hydrogen-bond acceptors (Lipinski definition) is 6. The highest BCUT2D eigenvalue weighted by Crippen LogP contribution is 2.41. The molecule has 0 spiro atoms. The average Bonchev–Trinajstić information content (AvgIpc) is 3.39. The van der Waals surface area contributed by atoms with Crippen LogP contribution in [0, 0.1) is 19.8 Å². The van der Waals surface area contributed by atoms with Crippen molar-refractivity contribution in [1.29, 1.82) is 0 Å². The first kappa shape index (κ1) is 26.2. The van der Waals surface area contributed by atoms with Gasteiger partial charge in [-0.15, -0.1) is 0 Å². The smallest absolute Gasteiger partial charge is 0.295 e. The maximum absolute atomic E-state index is 13.5. The third-order valence-corrected chi connectivity index (χ3v) is 7.06. The number of carbonyl (C=O) groups excluding carboxylic acids is 2. The molecule has 1 fully saturated rings. The summed E-state index contributed by atoms with van der Waals surface area (Å²) in [5.41, 5.74) is 4.00. The highest BCUT2D eigenvalue weighted by molar-refractivity contribution is 6.46. The molecule has 8 nitrogen and oxygen atoms in total. The van der Waals surface area contributed by atoms with Gasteiger partial charge in [0.15, 0.2) is 5.76 Å². The number of aromatic nitrogens is 3. The Morgan fingerprint density at radius 2 is 1.92 bits per heavy atom. The molecule has 0 saturated carbocycles. The van der Waals surface area contributed by atoms with Crippen molar-refractivity contribution < 1.29 is 19.4 Å². The Kier molecular flexibility index (Phi) is 7.19. The van der Waals surface area contributed by atoms with Crippen molar-refractivity contribution in [2.45, 2.75) is 46.7 Å². The van der Waals surface area contributed by atoms with E-state index in [9.17, 15) is 14.7 Å². The van der Waals surface area contributed by atoms with Crippen LogP contribution in [0.3, 0.4) is 0 Å². The Labute approximate surface area is 227 Å². The molecular weight excluding hydrogens is 492 g/mol. The molecule has 0 radical (unpaired) electrons. The molecule has 1 amide bonds. The summed E-state index contributed by atoms with van der Waals surface area (Å²) in [6, 6.07) is 14.0. The van der Waals surface area contributed by atoms with E-state index in [1.165, 1.54) is 4.90 Å². The number of ketones is 1. The van der Waals surface area contributed by atoms with E-state index in [2.05, 4.69) is 23.8 Å². The van der Waals surface area contributed by atoms with Gasteiger partial charge < -0.3 is 19.1 Å². The normalized spacial score (nSPS) is 16.9. The zero-order chi connectivity index (χ0) is 27.7. The van der Waals surface area contributed by atoms with Gasteiger partial charge in [-0.25, -0.2) is 4.98 Å². The third kappa shape index (κ3) is 5.02. The summed E-state index contributed by atoms with van der Waals surface area (Å²) in [6.07, 6.45) is 6.08. The number of likely N-dealkylation sites (tertiary alicyclic amines) is 1. The van der Waals surface area contributed by atoms with Crippen LogP contribution in [-0.2, 0) is 16.1 Å². The number of ether oxygens (including phenoxy) is 1. The van der Waals surface area contributed by atoms with Gasteiger partial charge in [0.2, 0.25) is 0 Å². The summed E-state index contributed by atoms with van der Waals surface area (Å²) < 4.78 is 7.85. The first-order valence-corrected chi connectivity index (χ1v) is 13.1. The van der Waals surface area contributed by atoms with Crippen molar-refractivity contribution in [3.8, 4) is 5.75 Å². The fourth-order valence-electron chi connectivity index (χ4n) is 4.94. The standard InChI is InChI=1S/C31H32N4O4/c1-19(2)12-15-39-24-11-5-10-23(16-24)27-25(29(37)31(38)35(27)18-22-9-6-13-32-17-22)28(36)26-21(4)34-14-7-8-20(3)30(34)33-26/h5-11,13-14,16-17,19,27,36H,12,15,18H2,1-4H3/b28-25+. The number of rotatable bonds is 8. The summed E-state index contributed by atoms with van der Waals surface area (Å²) in [7, 11) is 0. The molecule has 1 atom stereocenters. The monoisotopic (exact) mass is 524 g/mol. The largest absolute Gasteiger partial charge is 0.505 e. The molecular formula is C31H32N4O4. The predicted octanol–water partition coefficient (Wildman–Crippen LogP) is 5.39. The summed E-state index contributed by atoms with van der Waals surface area (Å²) in [5, 5.41) is 11.6. The van der Waals surface area contributed by atoms with Crippen LogP contribution in [0.25, 0.3) is 11.4 Å². The summed E-state index contributed by atoms with van der Waals surface area (Å²) in [4.78, 5) is 37.3. The quantitative estimate of drug-likeness (QED) is 0.189. The maximum atomic E-state index is 13.5. The molecule has 4 aromatic rings. The number of fused-ring (bicyclic) bond motifs is 1. The molecule has 1 saturated heterocycles. The number of amides is 1. The SMILES string of the molecule is Cc1cccn2c(C)c(/C(O)=C3\C(=O)C(=O)N(Cc4cccnc4)C3c3cccc(OCCC(C)C)c3)nc12. The number of hydrogen-bond donors (Lipinski definition) is 1. The molecule has 1 aliphatic rings. The van der Waals surface area contributed by atoms with E-state index < -0.39 is 17.7 Å². The van der Waals surface area contributed by atoms with Crippen LogP contribution < -0.4 is 4.74 Å². The second kappa shape index (κ2) is 10.7. The molecule has 5 rings (SSSR count). The van der Waals surface area contributed by atoms with Gasteiger partial charge in [0.25, 0.3) is 11.7 Å². The number of carbonyl (C=O) groups is 2. The number of Topliss-reactive ketones (excluding diaryl/α,β-unsaturated/α-hetero) is 1. The van der Waals surface area contributed by atoms with Crippen LogP contribution in [0.5, 0.6) is 5.75 Å². The fraction of sp³-hybridized carbons (Fsp3) is 0.290. The van der Waals surface area contributed by atoms with Gasteiger partial charge in [-0.05, 0) is 67.1 Å². The summed E-state index contributed by atoms with van der Waals surface area (Å²) >= 11 is 0. The minimum absolute atomic E-state index is 0.00683. The number of benzene rings is 1. The molecule has 1 N–H and O–H groups in total. The molecule has 8 heteroatoms. The third-order valence-electron chi connectivity index (χ3n) is 7.06. The molecule has 1 unspecified atom stereocenters. The molecule has 0 bridgehead atoms. The second-order valence-corrected chi connectivity index (χ2v) is 10.3. The molecule has 200 valence electrons. The number of imidazole rings is 1. The van der Waals surface area contributed by atoms with Crippen LogP contribution in [-0.4, -0.2) is 42.7 Å². The van der Waals surface area contributed by atoms with Gasteiger partial charge in [0.05, 0.1) is 23.9 Å². The lowest BCUT2D eigenvalue weighted by Gasteiger charge is -2.25. The Bertz CT molecular complexity index is 1570. The van der Waals surface area contributed by atoms with Crippen molar-refractivity contribution in [1.82, 2.24) is 19.3 Å². The van der Waals surface area contributed by atoms with Gasteiger partial charge >= 0.3 is 0 Å². The van der Waals surface area contributed by atoms with E-state index in [1.807, 2.05) is 66.9 Å². The first-order chi connectivity index (χ1) is 18.8. The predicted molar refractivity (Wildman–Crippen MR) is 148 cm³/mol. The lowest BCUT2D eigenvalue weighted by Crippen LogP contribution is -2.29. The van der Waals surface area contributed by atoms with Crippen molar-refractivity contribution in [3.05, 3.63) is 101 Å². The van der Waals surface area contributed by atoms with Crippen molar-refractivity contribution in [3.63, 3.8) is 0 Å². The summed E-state index contributed by atoms with van der Waals surface area (Å²) in [5.74, 6) is -0.592. The topological polar surface area (TPSA) is 97.0 Å². The molecule has 1 aromatic carbocycles. The summed E-state index contributed by atoms with van der Waals surface area (Å²) in [6.45, 7) is 8.74. The minimum Gasteiger partial charge on any atom is -0.505 e. The Balaban J connectivity index is 1.64. The lowest BCUT2D eigenvalue weighted by molar-refractivity contribution is -0.140. The highest BCUT2D eigenvalue weighted by atomic mass is 16.5. The van der Waals surface area contributed by atoms with Crippen molar-refractivity contribution in [2.24, 2.45) is 5.92 Å². The number of aliphatic hydroxyl groups excluding tert-OH is 1. The first-order valence-electron chi connectivity index (χ1n) is 13.1. The number of aryl methyl sites for hydroxylation is 2. The molecule has 39 heavy (non-hydrogen) atoms. The van der Waals surface area contributed by atoms with E-state index in [-0.39, 0.29) is 23.6 Å². The van der Waals surface area contributed by atoms with Gasteiger partial charge in [-0.2, -0.15) is 0 Å². The van der Waals surface area contributed by atoms with Gasteiger partial charge in [-0.3, -0.25) is 14.6 Å². The van der Waals surface area contributed by atoms with Gasteiger partial charge in [-0.1, -0.05) is 38.1 Å². The lowest BCUT2D eigenvalue weighted by atomic mass is 9.96. The Morgan fingerprint density at radius 3 is 2.64 bits per heavy atom. The van der Waals surface area contributed by atoms with E-state index in [1.54, 1.807) is 18.5 Å². The second-order valence-electron chi connectivity index (χ2n) is 10.3. The molecule has 4 heterocycles. The van der Waals surface area contributed by atoms with E-state index >= 15 is 0 Å². The van der Waals surface area contributed by atoms with Crippen LogP contribution in [0.2, 0.25) is 0 Å². The molecule has 3 aromatic heterocycles. The van der Waals surface area contributed by atoms with Crippen molar-refractivity contribution in [2.75, 3.05) is 6.61 Å². The maximum Gasteiger partial charge on any atom is 0.295 e. The van der Waals surface area contributed by atoms with Crippen LogP contribution in [0.1, 0.15) is 54.4 Å². The van der Waals surface area contributed by atoms with E-state index in [4.69, 9.17) is 4.74 Å². The van der Waals surface area contributed by atoms with E-state index in [0.29, 0.717) is 35.2 Å². The highest BCUT2D eigenvalue weighted by Gasteiger charge is 2.46. The van der Waals surface area contributed by atoms with Gasteiger partial charge in [0.1, 0.15) is 17.1 Å². The van der Waals surface area contributed by atoms with E-state index in [0.717, 1.165) is 17.5 Å². The fourth-order valence-corrected chi connectivity index (χ4v) is 4.94. The van der Waals surface area contributed by atoms with Crippen LogP contribution >= 0.6 is 0 Å². The number of aliphatic hydroxyl groups is 1. The zero-order valence-electron chi connectivity index (χ0n) is 22.6. The van der Waals surface area contributed by atoms with Crippen LogP contribution in [0.4, 0.5) is 0 Å².